The standard InChI is InChI=1S/C21H34N4O.HI/c1-4-22-21(24-12-9-17(2)10-13-24)23-15-18-11-14-25(16-18)19-7-5-6-8-20(19)26-3;/h5-8,17-18H,4,9-16H2,1-3H3,(H,22,23);1H. The molecular weight excluding hydrogens is 451 g/mol. The first kappa shape index (κ1) is 22.1. The average molecular weight is 486 g/mol. The van der Waals surface area contributed by atoms with Gasteiger partial charge in [-0.25, -0.2) is 0 Å². The summed E-state index contributed by atoms with van der Waals surface area (Å²) in [4.78, 5) is 9.87. The summed E-state index contributed by atoms with van der Waals surface area (Å²) < 4.78 is 5.53. The van der Waals surface area contributed by atoms with Gasteiger partial charge in [-0.1, -0.05) is 19.1 Å². The third kappa shape index (κ3) is 5.90. The Balaban J connectivity index is 0.00000261. The van der Waals surface area contributed by atoms with Crippen LogP contribution in [0.4, 0.5) is 5.69 Å². The van der Waals surface area contributed by atoms with Gasteiger partial charge in [-0.3, -0.25) is 4.99 Å². The second kappa shape index (κ2) is 11.0. The van der Waals surface area contributed by atoms with E-state index in [-0.39, 0.29) is 24.0 Å². The van der Waals surface area contributed by atoms with Crippen LogP contribution in [0.2, 0.25) is 0 Å². The molecule has 0 aliphatic carbocycles. The van der Waals surface area contributed by atoms with E-state index in [1.165, 1.54) is 24.9 Å². The molecule has 6 heteroatoms. The summed E-state index contributed by atoms with van der Waals surface area (Å²) in [5.41, 5.74) is 1.21. The number of hydrogen-bond acceptors (Lipinski definition) is 3. The molecule has 2 aliphatic heterocycles. The number of halogens is 1. The van der Waals surface area contributed by atoms with Crippen molar-refractivity contribution in [2.75, 3.05) is 51.3 Å². The van der Waals surface area contributed by atoms with Crippen molar-refractivity contribution in [3.05, 3.63) is 24.3 Å². The van der Waals surface area contributed by atoms with E-state index in [4.69, 9.17) is 9.73 Å². The van der Waals surface area contributed by atoms with Crippen LogP contribution in [-0.2, 0) is 0 Å². The van der Waals surface area contributed by atoms with Crippen LogP contribution in [0.1, 0.15) is 33.1 Å². The lowest BCUT2D eigenvalue weighted by Gasteiger charge is -2.33. The second-order valence-electron chi connectivity index (χ2n) is 7.64. The first-order chi connectivity index (χ1) is 12.7. The number of guanidine groups is 1. The summed E-state index contributed by atoms with van der Waals surface area (Å²) in [6.45, 7) is 10.7. The molecule has 1 unspecified atom stereocenters. The first-order valence-corrected chi connectivity index (χ1v) is 10.1. The van der Waals surface area contributed by atoms with E-state index < -0.39 is 0 Å². The van der Waals surface area contributed by atoms with E-state index >= 15 is 0 Å². The van der Waals surface area contributed by atoms with Gasteiger partial charge in [0, 0.05) is 39.3 Å². The van der Waals surface area contributed by atoms with Gasteiger partial charge in [0.15, 0.2) is 5.96 Å². The highest BCUT2D eigenvalue weighted by Gasteiger charge is 2.25. The van der Waals surface area contributed by atoms with Crippen LogP contribution in [0, 0.1) is 11.8 Å². The van der Waals surface area contributed by atoms with Crippen LogP contribution in [0.5, 0.6) is 5.75 Å². The second-order valence-corrected chi connectivity index (χ2v) is 7.64. The topological polar surface area (TPSA) is 40.1 Å². The van der Waals surface area contributed by atoms with Gasteiger partial charge in [-0.15, -0.1) is 24.0 Å². The minimum atomic E-state index is 0. The Morgan fingerprint density at radius 2 is 1.93 bits per heavy atom. The average Bonchev–Trinajstić information content (AvgIpc) is 3.14. The summed E-state index contributed by atoms with van der Waals surface area (Å²) >= 11 is 0. The number of hydrogen-bond donors (Lipinski definition) is 1. The van der Waals surface area contributed by atoms with E-state index in [1.807, 2.05) is 12.1 Å². The number of methoxy groups -OCH3 is 1. The number of benzene rings is 1. The van der Waals surface area contributed by atoms with Crippen LogP contribution >= 0.6 is 24.0 Å². The third-order valence-electron chi connectivity index (χ3n) is 5.63. The smallest absolute Gasteiger partial charge is 0.193 e. The monoisotopic (exact) mass is 486 g/mol. The molecule has 0 radical (unpaired) electrons. The maximum absolute atomic E-state index is 5.53. The first-order valence-electron chi connectivity index (χ1n) is 10.1. The number of nitrogens with one attached hydrogen (secondary N) is 1. The quantitative estimate of drug-likeness (QED) is 0.390. The third-order valence-corrected chi connectivity index (χ3v) is 5.63. The Morgan fingerprint density at radius 1 is 1.19 bits per heavy atom. The predicted octanol–water partition coefficient (Wildman–Crippen LogP) is 3.84. The minimum absolute atomic E-state index is 0. The van der Waals surface area contributed by atoms with Gasteiger partial charge in [0.05, 0.1) is 12.8 Å². The molecule has 0 aromatic heterocycles. The molecule has 2 fully saturated rings. The van der Waals surface area contributed by atoms with Crippen molar-refractivity contribution >= 4 is 35.6 Å². The van der Waals surface area contributed by atoms with Gasteiger partial charge in [-0.05, 0) is 50.2 Å². The molecule has 0 amide bonds. The van der Waals surface area contributed by atoms with Crippen LogP contribution < -0.4 is 15.0 Å². The lowest BCUT2D eigenvalue weighted by Crippen LogP contribution is -2.45. The largest absolute Gasteiger partial charge is 0.495 e. The lowest BCUT2D eigenvalue weighted by molar-refractivity contribution is 0.273. The molecule has 5 nitrogen and oxygen atoms in total. The van der Waals surface area contributed by atoms with Gasteiger partial charge in [0.25, 0.3) is 0 Å². The van der Waals surface area contributed by atoms with Crippen LogP contribution in [0.25, 0.3) is 0 Å². The van der Waals surface area contributed by atoms with Crippen molar-refractivity contribution in [3.63, 3.8) is 0 Å². The zero-order chi connectivity index (χ0) is 18.4. The van der Waals surface area contributed by atoms with Gasteiger partial charge in [0.1, 0.15) is 5.75 Å². The highest BCUT2D eigenvalue weighted by atomic mass is 127. The van der Waals surface area contributed by atoms with Crippen LogP contribution in [0.3, 0.4) is 0 Å². The molecule has 1 aromatic carbocycles. The molecule has 0 saturated carbocycles. The van der Waals surface area contributed by atoms with Crippen molar-refractivity contribution in [3.8, 4) is 5.75 Å². The molecule has 1 N–H and O–H groups in total. The molecule has 1 atom stereocenters. The molecule has 0 bridgehead atoms. The van der Waals surface area contributed by atoms with Crippen molar-refractivity contribution in [1.82, 2.24) is 10.2 Å². The molecule has 0 spiro atoms. The predicted molar refractivity (Wildman–Crippen MR) is 125 cm³/mol. The fourth-order valence-electron chi connectivity index (χ4n) is 3.95. The Kier molecular flexibility index (Phi) is 8.99. The lowest BCUT2D eigenvalue weighted by atomic mass is 9.99. The summed E-state index contributed by atoms with van der Waals surface area (Å²) in [5.74, 6) is 3.53. The molecular formula is C21H35IN4O. The van der Waals surface area contributed by atoms with Gasteiger partial charge >= 0.3 is 0 Å². The number of aliphatic imine (C=N–C) groups is 1. The van der Waals surface area contributed by atoms with E-state index in [0.29, 0.717) is 5.92 Å². The number of likely N-dealkylation sites (tertiary alicyclic amines) is 1. The van der Waals surface area contributed by atoms with E-state index in [0.717, 1.165) is 56.9 Å². The molecule has 3 rings (SSSR count). The zero-order valence-electron chi connectivity index (χ0n) is 17.0. The molecule has 152 valence electrons. The highest BCUT2D eigenvalue weighted by molar-refractivity contribution is 14.0. The Hall–Kier alpha value is -1.18. The Morgan fingerprint density at radius 3 is 2.63 bits per heavy atom. The van der Waals surface area contributed by atoms with Crippen molar-refractivity contribution in [2.24, 2.45) is 16.8 Å². The van der Waals surface area contributed by atoms with E-state index in [2.05, 4.69) is 41.1 Å². The number of para-hydroxylation sites is 2. The molecule has 2 heterocycles. The zero-order valence-corrected chi connectivity index (χ0v) is 19.3. The van der Waals surface area contributed by atoms with Gasteiger partial charge in [-0.2, -0.15) is 0 Å². The Bertz CT molecular complexity index is 602. The molecule has 27 heavy (non-hydrogen) atoms. The number of anilines is 1. The fraction of sp³-hybridized carbons (Fsp3) is 0.667. The molecule has 1 aromatic rings. The van der Waals surface area contributed by atoms with Gasteiger partial charge in [0.2, 0.25) is 0 Å². The maximum atomic E-state index is 5.53. The van der Waals surface area contributed by atoms with Crippen molar-refractivity contribution in [2.45, 2.75) is 33.1 Å². The Labute approximate surface area is 181 Å². The minimum Gasteiger partial charge on any atom is -0.495 e. The maximum Gasteiger partial charge on any atom is 0.193 e. The summed E-state index contributed by atoms with van der Waals surface area (Å²) in [6.07, 6.45) is 3.74. The van der Waals surface area contributed by atoms with Crippen molar-refractivity contribution < 1.29 is 4.74 Å². The summed E-state index contributed by atoms with van der Waals surface area (Å²) in [6, 6.07) is 8.32. The normalized spacial score (nSPS) is 21.1. The number of rotatable bonds is 5. The van der Waals surface area contributed by atoms with Gasteiger partial charge < -0.3 is 19.9 Å². The number of ether oxygens (including phenoxy) is 1. The summed E-state index contributed by atoms with van der Waals surface area (Å²) in [7, 11) is 1.75. The molecule has 2 aliphatic rings. The fourth-order valence-corrected chi connectivity index (χ4v) is 3.95. The van der Waals surface area contributed by atoms with Crippen LogP contribution in [0.15, 0.2) is 29.3 Å². The van der Waals surface area contributed by atoms with E-state index in [1.54, 1.807) is 7.11 Å². The highest BCUT2D eigenvalue weighted by Crippen LogP contribution is 2.32. The van der Waals surface area contributed by atoms with E-state index in [9.17, 15) is 0 Å². The SMILES string of the molecule is CCNC(=NCC1CCN(c2ccccc2OC)C1)N1CCC(C)CC1.I. The van der Waals surface area contributed by atoms with Crippen molar-refractivity contribution in [1.29, 1.82) is 0 Å². The van der Waals surface area contributed by atoms with Crippen LogP contribution in [-0.4, -0.2) is 57.2 Å². The number of nitrogens with zero attached hydrogens (tertiary/aromatic N) is 3. The number of piperidine rings is 1. The summed E-state index contributed by atoms with van der Waals surface area (Å²) in [5, 5.41) is 3.49. The molecule has 2 saturated heterocycles.